The summed E-state index contributed by atoms with van der Waals surface area (Å²) in [5.74, 6) is -0.243. The molecule has 3 rings (SSSR count). The highest BCUT2D eigenvalue weighted by molar-refractivity contribution is 6.42. The molecule has 0 amide bonds. The fourth-order valence-electron chi connectivity index (χ4n) is 3.59. The third kappa shape index (κ3) is 3.83. The normalized spacial score (nSPS) is 17.0. The molecule has 0 radical (unpaired) electrons. The minimum Gasteiger partial charge on any atom is -0.496 e. The van der Waals surface area contributed by atoms with Gasteiger partial charge in [0.05, 0.1) is 29.1 Å². The minimum atomic E-state index is -0.723. The number of piperidine rings is 1. The van der Waals surface area contributed by atoms with E-state index in [4.69, 9.17) is 27.9 Å². The summed E-state index contributed by atoms with van der Waals surface area (Å²) in [6, 6.07) is 13.3. The first-order valence-corrected chi connectivity index (χ1v) is 9.32. The Bertz CT molecular complexity index is 788. The molecule has 0 bridgehead atoms. The van der Waals surface area contributed by atoms with E-state index in [1.165, 1.54) is 0 Å². The van der Waals surface area contributed by atoms with Crippen LogP contribution in [-0.4, -0.2) is 36.2 Å². The van der Waals surface area contributed by atoms with Crippen LogP contribution < -0.4 is 4.74 Å². The van der Waals surface area contributed by atoms with Crippen molar-refractivity contribution in [3.8, 4) is 5.75 Å². The molecular weight excluding hydrogens is 373 g/mol. The summed E-state index contributed by atoms with van der Waals surface area (Å²) in [7, 11) is 1.64. The number of aliphatic carboxylic acids is 1. The summed E-state index contributed by atoms with van der Waals surface area (Å²) in [4.78, 5) is 13.6. The number of rotatable bonds is 5. The minimum absolute atomic E-state index is 0.146. The average molecular weight is 394 g/mol. The number of nitrogens with zero attached hydrogens (tertiary/aromatic N) is 1. The van der Waals surface area contributed by atoms with Crippen molar-refractivity contribution in [1.29, 1.82) is 0 Å². The van der Waals surface area contributed by atoms with Gasteiger partial charge in [-0.2, -0.15) is 0 Å². The summed E-state index contributed by atoms with van der Waals surface area (Å²) < 4.78 is 5.57. The summed E-state index contributed by atoms with van der Waals surface area (Å²) >= 11 is 12.8. The maximum absolute atomic E-state index is 11.3. The van der Waals surface area contributed by atoms with Gasteiger partial charge < -0.3 is 9.84 Å². The number of carboxylic acids is 1. The molecule has 4 nitrogen and oxygen atoms in total. The molecule has 1 fully saturated rings. The Morgan fingerprint density at radius 3 is 2.42 bits per heavy atom. The smallest absolute Gasteiger partial charge is 0.306 e. The summed E-state index contributed by atoms with van der Waals surface area (Å²) in [5.41, 5.74) is 1.89. The molecule has 0 aromatic heterocycles. The largest absolute Gasteiger partial charge is 0.496 e. The lowest BCUT2D eigenvalue weighted by Crippen LogP contribution is -2.39. The number of para-hydroxylation sites is 1. The molecule has 1 N–H and O–H groups in total. The zero-order valence-electron chi connectivity index (χ0n) is 14.5. The van der Waals surface area contributed by atoms with Crippen molar-refractivity contribution in [3.63, 3.8) is 0 Å². The lowest BCUT2D eigenvalue weighted by atomic mass is 9.91. The first kappa shape index (κ1) is 19.0. The molecule has 26 heavy (non-hydrogen) atoms. The van der Waals surface area contributed by atoms with Crippen LogP contribution in [0.25, 0.3) is 0 Å². The Hall–Kier alpha value is -1.75. The Labute approximate surface area is 163 Å². The molecule has 2 aromatic carbocycles. The van der Waals surface area contributed by atoms with Crippen molar-refractivity contribution >= 4 is 29.2 Å². The number of carboxylic acid groups (broad SMARTS) is 1. The van der Waals surface area contributed by atoms with Gasteiger partial charge >= 0.3 is 5.97 Å². The number of carbonyl (C=O) groups is 1. The highest BCUT2D eigenvalue weighted by atomic mass is 35.5. The molecule has 138 valence electrons. The van der Waals surface area contributed by atoms with Crippen LogP contribution in [0, 0.1) is 5.92 Å². The number of likely N-dealkylation sites (tertiary alicyclic amines) is 1. The summed E-state index contributed by atoms with van der Waals surface area (Å²) in [5, 5.41) is 10.3. The molecule has 1 heterocycles. The van der Waals surface area contributed by atoms with E-state index < -0.39 is 5.97 Å². The van der Waals surface area contributed by atoms with Gasteiger partial charge in [0.25, 0.3) is 0 Å². The van der Waals surface area contributed by atoms with E-state index in [1.807, 2.05) is 36.4 Å². The highest BCUT2D eigenvalue weighted by Gasteiger charge is 2.32. The molecule has 6 heteroatoms. The van der Waals surface area contributed by atoms with Crippen LogP contribution in [0.3, 0.4) is 0 Å². The van der Waals surface area contributed by atoms with Gasteiger partial charge in [-0.25, -0.2) is 0 Å². The van der Waals surface area contributed by atoms with Gasteiger partial charge in [0.2, 0.25) is 0 Å². The lowest BCUT2D eigenvalue weighted by Gasteiger charge is -2.38. The second-order valence-corrected chi connectivity index (χ2v) is 7.22. The molecule has 0 spiro atoms. The lowest BCUT2D eigenvalue weighted by molar-refractivity contribution is -0.143. The second-order valence-electron chi connectivity index (χ2n) is 6.44. The highest BCUT2D eigenvalue weighted by Crippen LogP contribution is 2.41. The number of hydrogen-bond donors (Lipinski definition) is 1. The van der Waals surface area contributed by atoms with Crippen LogP contribution in [0.5, 0.6) is 5.75 Å². The molecular formula is C20H21Cl2NO3. The Morgan fingerprint density at radius 2 is 1.77 bits per heavy atom. The molecule has 1 unspecified atom stereocenters. The van der Waals surface area contributed by atoms with Gasteiger partial charge in [-0.15, -0.1) is 0 Å². The predicted octanol–water partition coefficient (Wildman–Crippen LogP) is 4.89. The van der Waals surface area contributed by atoms with Crippen LogP contribution >= 0.6 is 23.2 Å². The van der Waals surface area contributed by atoms with Gasteiger partial charge in [0.1, 0.15) is 5.75 Å². The Kier molecular flexibility index (Phi) is 6.07. The van der Waals surface area contributed by atoms with E-state index in [9.17, 15) is 9.90 Å². The first-order chi connectivity index (χ1) is 12.5. The van der Waals surface area contributed by atoms with E-state index in [0.29, 0.717) is 36.0 Å². The number of methoxy groups -OCH3 is 1. The van der Waals surface area contributed by atoms with Crippen molar-refractivity contribution in [2.75, 3.05) is 20.2 Å². The van der Waals surface area contributed by atoms with Crippen LogP contribution in [0.1, 0.15) is 30.0 Å². The number of benzene rings is 2. The van der Waals surface area contributed by atoms with Gasteiger partial charge in [0, 0.05) is 5.56 Å². The topological polar surface area (TPSA) is 49.8 Å². The van der Waals surface area contributed by atoms with Crippen molar-refractivity contribution in [3.05, 3.63) is 63.6 Å². The van der Waals surface area contributed by atoms with Gasteiger partial charge in [-0.3, -0.25) is 9.69 Å². The van der Waals surface area contributed by atoms with Gasteiger partial charge in [-0.1, -0.05) is 53.5 Å². The number of hydrogen-bond acceptors (Lipinski definition) is 3. The van der Waals surface area contributed by atoms with E-state index in [-0.39, 0.29) is 12.0 Å². The predicted molar refractivity (Wildman–Crippen MR) is 103 cm³/mol. The zero-order valence-corrected chi connectivity index (χ0v) is 16.0. The van der Waals surface area contributed by atoms with E-state index >= 15 is 0 Å². The third-order valence-corrected chi connectivity index (χ3v) is 5.79. The monoisotopic (exact) mass is 393 g/mol. The van der Waals surface area contributed by atoms with Crippen molar-refractivity contribution in [2.24, 2.45) is 5.92 Å². The van der Waals surface area contributed by atoms with E-state index in [0.717, 1.165) is 16.9 Å². The zero-order chi connectivity index (χ0) is 18.7. The van der Waals surface area contributed by atoms with E-state index in [2.05, 4.69) is 4.90 Å². The Balaban J connectivity index is 2.03. The molecule has 0 saturated carbocycles. The maximum Gasteiger partial charge on any atom is 0.306 e. The maximum atomic E-state index is 11.3. The molecule has 1 atom stereocenters. The standard InChI is InChI=1S/C20H21Cl2NO3/c1-26-17-8-3-2-5-14(17)19(15-6-4-7-16(21)18(15)22)23-11-9-13(10-12-23)20(24)25/h2-8,13,19H,9-12H2,1H3,(H,24,25). The van der Waals surface area contributed by atoms with Gasteiger partial charge in [-0.05, 0) is 43.6 Å². The van der Waals surface area contributed by atoms with Crippen molar-refractivity contribution in [1.82, 2.24) is 4.90 Å². The SMILES string of the molecule is COc1ccccc1C(c1cccc(Cl)c1Cl)N1CCC(C(=O)O)CC1. The van der Waals surface area contributed by atoms with Gasteiger partial charge in [0.15, 0.2) is 0 Å². The second kappa shape index (κ2) is 8.30. The fourth-order valence-corrected chi connectivity index (χ4v) is 4.00. The number of ether oxygens (including phenoxy) is 1. The number of halogens is 2. The Morgan fingerprint density at radius 1 is 1.12 bits per heavy atom. The fraction of sp³-hybridized carbons (Fsp3) is 0.350. The first-order valence-electron chi connectivity index (χ1n) is 8.56. The summed E-state index contributed by atoms with van der Waals surface area (Å²) in [6.45, 7) is 1.34. The van der Waals surface area contributed by atoms with Crippen LogP contribution in [-0.2, 0) is 4.79 Å². The van der Waals surface area contributed by atoms with Crippen molar-refractivity contribution in [2.45, 2.75) is 18.9 Å². The molecule has 0 aliphatic carbocycles. The third-order valence-electron chi connectivity index (χ3n) is 4.95. The molecule has 1 aliphatic rings. The van der Waals surface area contributed by atoms with Crippen LogP contribution in [0.4, 0.5) is 0 Å². The summed E-state index contributed by atoms with van der Waals surface area (Å²) in [6.07, 6.45) is 1.22. The van der Waals surface area contributed by atoms with E-state index in [1.54, 1.807) is 13.2 Å². The van der Waals surface area contributed by atoms with Crippen LogP contribution in [0.15, 0.2) is 42.5 Å². The molecule has 1 saturated heterocycles. The molecule has 1 aliphatic heterocycles. The van der Waals surface area contributed by atoms with Crippen molar-refractivity contribution < 1.29 is 14.6 Å². The van der Waals surface area contributed by atoms with Crippen LogP contribution in [0.2, 0.25) is 10.0 Å². The molecule has 2 aromatic rings. The quantitative estimate of drug-likeness (QED) is 0.785. The average Bonchev–Trinajstić information content (AvgIpc) is 2.66.